The average Bonchev–Trinajstić information content (AvgIpc) is 2.52. The predicted molar refractivity (Wildman–Crippen MR) is 77.2 cm³/mol. The highest BCUT2D eigenvalue weighted by Crippen LogP contribution is 2.21. The summed E-state index contributed by atoms with van der Waals surface area (Å²) in [6.45, 7) is 3.66. The third kappa shape index (κ3) is 4.05. The highest BCUT2D eigenvalue weighted by molar-refractivity contribution is 6.03. The van der Waals surface area contributed by atoms with Gasteiger partial charge in [-0.05, 0) is 24.6 Å². The molecule has 1 amide bonds. The van der Waals surface area contributed by atoms with Gasteiger partial charge in [0.25, 0.3) is 0 Å². The van der Waals surface area contributed by atoms with E-state index in [1.165, 1.54) is 32.4 Å². The maximum absolute atomic E-state index is 12.0. The minimum absolute atomic E-state index is 0.182. The molecule has 6 nitrogen and oxygen atoms in total. The van der Waals surface area contributed by atoms with Crippen LogP contribution in [0.3, 0.4) is 0 Å². The molecule has 0 aromatic heterocycles. The zero-order chi connectivity index (χ0) is 16.0. The van der Waals surface area contributed by atoms with E-state index in [1.54, 1.807) is 6.92 Å². The molecular formula is C15H19NO5. The van der Waals surface area contributed by atoms with E-state index in [2.05, 4.69) is 14.8 Å². The molecule has 0 radical (unpaired) electrons. The van der Waals surface area contributed by atoms with E-state index in [4.69, 9.17) is 0 Å². The van der Waals surface area contributed by atoms with E-state index in [0.29, 0.717) is 6.42 Å². The molecule has 0 bridgehead atoms. The summed E-state index contributed by atoms with van der Waals surface area (Å²) >= 11 is 0. The molecule has 1 aromatic rings. The summed E-state index contributed by atoms with van der Waals surface area (Å²) in [4.78, 5) is 35.2. The van der Waals surface area contributed by atoms with Crippen LogP contribution in [0.15, 0.2) is 18.2 Å². The molecule has 0 aliphatic heterocycles. The third-order valence-corrected chi connectivity index (χ3v) is 3.16. The quantitative estimate of drug-likeness (QED) is 0.842. The molecule has 21 heavy (non-hydrogen) atoms. The minimum atomic E-state index is -0.592. The topological polar surface area (TPSA) is 81.7 Å². The lowest BCUT2D eigenvalue weighted by atomic mass is 10.1. The molecule has 0 aliphatic rings. The zero-order valence-corrected chi connectivity index (χ0v) is 12.6. The van der Waals surface area contributed by atoms with Gasteiger partial charge in [0.2, 0.25) is 5.91 Å². The summed E-state index contributed by atoms with van der Waals surface area (Å²) in [5.41, 5.74) is 0.654. The third-order valence-electron chi connectivity index (χ3n) is 3.16. The fourth-order valence-corrected chi connectivity index (χ4v) is 1.62. The van der Waals surface area contributed by atoms with Crippen LogP contribution in [0.25, 0.3) is 0 Å². The molecule has 114 valence electrons. The summed E-state index contributed by atoms with van der Waals surface area (Å²) in [6.07, 6.45) is 0.663. The first-order chi connectivity index (χ1) is 9.94. The van der Waals surface area contributed by atoms with Gasteiger partial charge in [-0.1, -0.05) is 13.8 Å². The van der Waals surface area contributed by atoms with Gasteiger partial charge >= 0.3 is 11.9 Å². The largest absolute Gasteiger partial charge is 0.465 e. The first kappa shape index (κ1) is 16.7. The van der Waals surface area contributed by atoms with E-state index in [0.717, 1.165) is 0 Å². The second-order valence-electron chi connectivity index (χ2n) is 4.54. The summed E-state index contributed by atoms with van der Waals surface area (Å²) in [7, 11) is 2.50. The van der Waals surface area contributed by atoms with Crippen LogP contribution >= 0.6 is 0 Å². The minimum Gasteiger partial charge on any atom is -0.465 e. The lowest BCUT2D eigenvalue weighted by molar-refractivity contribution is -0.119. The molecule has 1 rings (SSSR count). The number of esters is 2. The van der Waals surface area contributed by atoms with Crippen molar-refractivity contribution in [1.29, 1.82) is 0 Å². The Kier molecular flexibility index (Phi) is 5.90. The molecular weight excluding hydrogens is 274 g/mol. The number of ether oxygens (including phenoxy) is 2. The molecule has 0 fully saturated rings. The Morgan fingerprint density at radius 1 is 1.14 bits per heavy atom. The zero-order valence-electron chi connectivity index (χ0n) is 12.6. The standard InChI is InChI=1S/C15H19NO5/c1-5-9(2)13(17)16-12-8-10(14(18)20-3)6-7-11(12)15(19)21-4/h6-9H,5H2,1-4H3,(H,16,17)/t9-/m1/s1. The normalized spacial score (nSPS) is 11.4. The molecule has 6 heteroatoms. The number of nitrogens with one attached hydrogen (secondary N) is 1. The molecule has 0 spiro atoms. The van der Waals surface area contributed by atoms with Gasteiger partial charge < -0.3 is 14.8 Å². The van der Waals surface area contributed by atoms with Crippen LogP contribution in [-0.4, -0.2) is 32.1 Å². The fraction of sp³-hybridized carbons (Fsp3) is 0.400. The summed E-state index contributed by atoms with van der Waals surface area (Å²) in [5, 5.41) is 2.65. The van der Waals surface area contributed by atoms with Gasteiger partial charge in [0.15, 0.2) is 0 Å². The number of carbonyl (C=O) groups excluding carboxylic acids is 3. The van der Waals surface area contributed by atoms with Crippen LogP contribution in [0.1, 0.15) is 41.0 Å². The number of amides is 1. The number of hydrogen-bond donors (Lipinski definition) is 1. The van der Waals surface area contributed by atoms with Crippen molar-refractivity contribution in [1.82, 2.24) is 0 Å². The van der Waals surface area contributed by atoms with Gasteiger partial charge in [-0.25, -0.2) is 9.59 Å². The maximum Gasteiger partial charge on any atom is 0.339 e. The monoisotopic (exact) mass is 293 g/mol. The molecule has 1 atom stereocenters. The van der Waals surface area contributed by atoms with E-state index >= 15 is 0 Å². The van der Waals surface area contributed by atoms with E-state index in [1.807, 2.05) is 6.92 Å². The van der Waals surface area contributed by atoms with E-state index in [9.17, 15) is 14.4 Å². The Hall–Kier alpha value is -2.37. The van der Waals surface area contributed by atoms with Gasteiger partial charge in [-0.15, -0.1) is 0 Å². The van der Waals surface area contributed by atoms with Gasteiger partial charge in [0, 0.05) is 5.92 Å². The maximum atomic E-state index is 12.0. The van der Waals surface area contributed by atoms with Crippen molar-refractivity contribution in [2.45, 2.75) is 20.3 Å². The number of hydrogen-bond acceptors (Lipinski definition) is 5. The number of carbonyl (C=O) groups is 3. The van der Waals surface area contributed by atoms with Crippen LogP contribution in [0.4, 0.5) is 5.69 Å². The first-order valence-corrected chi connectivity index (χ1v) is 6.56. The molecule has 0 saturated carbocycles. The Bertz CT molecular complexity index is 553. The van der Waals surface area contributed by atoms with Crippen molar-refractivity contribution >= 4 is 23.5 Å². The predicted octanol–water partition coefficient (Wildman–Crippen LogP) is 2.24. The number of benzene rings is 1. The van der Waals surface area contributed by atoms with Crippen molar-refractivity contribution in [3.05, 3.63) is 29.3 Å². The van der Waals surface area contributed by atoms with Crippen LogP contribution in [0, 0.1) is 5.92 Å². The number of anilines is 1. The molecule has 1 N–H and O–H groups in total. The Morgan fingerprint density at radius 3 is 2.29 bits per heavy atom. The number of rotatable bonds is 5. The smallest absolute Gasteiger partial charge is 0.339 e. The summed E-state index contributed by atoms with van der Waals surface area (Å²) in [5.74, 6) is -1.58. The molecule has 0 aliphatic carbocycles. The summed E-state index contributed by atoms with van der Waals surface area (Å²) < 4.78 is 9.29. The van der Waals surface area contributed by atoms with E-state index in [-0.39, 0.29) is 28.6 Å². The second-order valence-corrected chi connectivity index (χ2v) is 4.54. The fourth-order valence-electron chi connectivity index (χ4n) is 1.62. The van der Waals surface area contributed by atoms with Crippen molar-refractivity contribution in [2.75, 3.05) is 19.5 Å². The van der Waals surface area contributed by atoms with E-state index < -0.39 is 11.9 Å². The van der Waals surface area contributed by atoms with Gasteiger partial charge in [-0.2, -0.15) is 0 Å². The van der Waals surface area contributed by atoms with Crippen molar-refractivity contribution in [3.8, 4) is 0 Å². The van der Waals surface area contributed by atoms with Crippen LogP contribution in [0.2, 0.25) is 0 Å². The van der Waals surface area contributed by atoms with Crippen molar-refractivity contribution in [2.24, 2.45) is 5.92 Å². The average molecular weight is 293 g/mol. The summed E-state index contributed by atoms with van der Waals surface area (Å²) in [6, 6.07) is 4.26. The molecule has 0 saturated heterocycles. The Morgan fingerprint density at radius 2 is 1.76 bits per heavy atom. The van der Waals surface area contributed by atoms with Gasteiger partial charge in [-0.3, -0.25) is 4.79 Å². The highest BCUT2D eigenvalue weighted by Gasteiger charge is 2.19. The van der Waals surface area contributed by atoms with Crippen LogP contribution in [0.5, 0.6) is 0 Å². The SMILES string of the molecule is CC[C@@H](C)C(=O)Nc1cc(C(=O)OC)ccc1C(=O)OC. The highest BCUT2D eigenvalue weighted by atomic mass is 16.5. The first-order valence-electron chi connectivity index (χ1n) is 6.56. The van der Waals surface area contributed by atoms with Gasteiger partial charge in [0.1, 0.15) is 0 Å². The molecule has 0 heterocycles. The lowest BCUT2D eigenvalue weighted by Crippen LogP contribution is -2.22. The van der Waals surface area contributed by atoms with Crippen molar-refractivity contribution < 1.29 is 23.9 Å². The Balaban J connectivity index is 3.19. The lowest BCUT2D eigenvalue weighted by Gasteiger charge is -2.14. The van der Waals surface area contributed by atoms with Gasteiger partial charge in [0.05, 0.1) is 31.0 Å². The molecule has 0 unspecified atom stereocenters. The Labute approximate surface area is 123 Å². The molecule has 1 aromatic carbocycles. The second kappa shape index (κ2) is 7.42. The number of methoxy groups -OCH3 is 2. The van der Waals surface area contributed by atoms with Crippen molar-refractivity contribution in [3.63, 3.8) is 0 Å². The van der Waals surface area contributed by atoms with Crippen LogP contribution < -0.4 is 5.32 Å². The van der Waals surface area contributed by atoms with Crippen LogP contribution in [-0.2, 0) is 14.3 Å².